The van der Waals surface area contributed by atoms with Crippen molar-refractivity contribution in [1.29, 1.82) is 0 Å². The highest BCUT2D eigenvalue weighted by molar-refractivity contribution is 7.99. The van der Waals surface area contributed by atoms with Gasteiger partial charge in [-0.05, 0) is 77.0 Å². The van der Waals surface area contributed by atoms with Crippen molar-refractivity contribution in [2.45, 2.75) is 109 Å². The molecular weight excluding hydrogens is 446 g/mol. The zero-order chi connectivity index (χ0) is 24.7. The minimum Gasteiger partial charge on any atom is -0.322 e. The van der Waals surface area contributed by atoms with Crippen LogP contribution in [0.2, 0.25) is 0 Å². The SMILES string of the molecule is CC(C)N(CCCCCCCCSc1cccc2c1CN(C1CCC(=O)NC1=O)C2=O)C(C)C. The Bertz CT molecular complexity index is 863. The van der Waals surface area contributed by atoms with E-state index >= 15 is 0 Å². The van der Waals surface area contributed by atoms with Crippen LogP contribution in [-0.4, -0.2) is 57.9 Å². The van der Waals surface area contributed by atoms with Crippen molar-refractivity contribution in [1.82, 2.24) is 15.1 Å². The average Bonchev–Trinajstić information content (AvgIpc) is 3.11. The molecule has 1 saturated heterocycles. The second kappa shape index (κ2) is 12.7. The Morgan fingerprint density at radius 3 is 2.35 bits per heavy atom. The summed E-state index contributed by atoms with van der Waals surface area (Å²) in [5.41, 5.74) is 1.73. The van der Waals surface area contributed by atoms with Crippen molar-refractivity contribution in [3.8, 4) is 0 Å². The highest BCUT2D eigenvalue weighted by atomic mass is 32.2. The molecule has 1 fully saturated rings. The summed E-state index contributed by atoms with van der Waals surface area (Å²) in [6.07, 6.45) is 8.24. The van der Waals surface area contributed by atoms with Crippen LogP contribution in [0.5, 0.6) is 0 Å². The third-order valence-corrected chi connectivity index (χ3v) is 8.12. The first-order chi connectivity index (χ1) is 16.3. The zero-order valence-electron chi connectivity index (χ0n) is 21.3. The van der Waals surface area contributed by atoms with Crippen molar-refractivity contribution < 1.29 is 14.4 Å². The number of imide groups is 1. The molecule has 7 heteroatoms. The second-order valence-electron chi connectivity index (χ2n) is 10.1. The standard InChI is InChI=1S/C27H41N3O3S/c1-19(2)29(20(3)4)16-9-7-5-6-8-10-17-34-24-13-11-12-21-22(24)18-30(27(21)33)23-14-15-25(31)28-26(23)32/h11-13,19-20,23H,5-10,14-18H2,1-4H3,(H,28,31,32). The van der Waals surface area contributed by atoms with Gasteiger partial charge in [-0.3, -0.25) is 24.6 Å². The minimum absolute atomic E-state index is 0.0968. The van der Waals surface area contributed by atoms with Gasteiger partial charge in [-0.15, -0.1) is 11.8 Å². The number of nitrogens with zero attached hydrogens (tertiary/aromatic N) is 2. The summed E-state index contributed by atoms with van der Waals surface area (Å²) in [5.74, 6) is 0.334. The van der Waals surface area contributed by atoms with Crippen molar-refractivity contribution in [2.75, 3.05) is 12.3 Å². The van der Waals surface area contributed by atoms with Crippen LogP contribution < -0.4 is 5.32 Å². The van der Waals surface area contributed by atoms with Crippen molar-refractivity contribution in [3.63, 3.8) is 0 Å². The van der Waals surface area contributed by atoms with E-state index in [0.29, 0.717) is 30.6 Å². The van der Waals surface area contributed by atoms with Crippen LogP contribution in [0.3, 0.4) is 0 Å². The second-order valence-corrected chi connectivity index (χ2v) is 11.2. The zero-order valence-corrected chi connectivity index (χ0v) is 22.1. The maximum Gasteiger partial charge on any atom is 0.255 e. The molecule has 3 rings (SSSR count). The molecule has 1 N–H and O–H groups in total. The van der Waals surface area contributed by atoms with Gasteiger partial charge in [0.15, 0.2) is 0 Å². The van der Waals surface area contributed by atoms with E-state index in [2.05, 4.69) is 44.0 Å². The van der Waals surface area contributed by atoms with Crippen LogP contribution in [0.15, 0.2) is 23.1 Å². The maximum atomic E-state index is 12.9. The van der Waals surface area contributed by atoms with Crippen LogP contribution in [0.4, 0.5) is 0 Å². The summed E-state index contributed by atoms with van der Waals surface area (Å²) in [4.78, 5) is 42.0. The lowest BCUT2D eigenvalue weighted by molar-refractivity contribution is -0.136. The van der Waals surface area contributed by atoms with Gasteiger partial charge in [0.25, 0.3) is 5.91 Å². The number of thioether (sulfide) groups is 1. The molecule has 2 heterocycles. The fourth-order valence-corrected chi connectivity index (χ4v) is 6.18. The lowest BCUT2D eigenvalue weighted by atomic mass is 10.0. The molecule has 34 heavy (non-hydrogen) atoms. The molecule has 0 aliphatic carbocycles. The number of nitrogens with one attached hydrogen (secondary N) is 1. The number of piperidine rings is 1. The molecule has 188 valence electrons. The summed E-state index contributed by atoms with van der Waals surface area (Å²) in [5, 5.41) is 2.37. The van der Waals surface area contributed by atoms with E-state index in [4.69, 9.17) is 0 Å². The smallest absolute Gasteiger partial charge is 0.255 e. The number of carbonyl (C=O) groups excluding carboxylic acids is 3. The van der Waals surface area contributed by atoms with Crippen LogP contribution in [0.25, 0.3) is 0 Å². The number of benzene rings is 1. The largest absolute Gasteiger partial charge is 0.322 e. The molecule has 6 nitrogen and oxygen atoms in total. The molecule has 0 saturated carbocycles. The van der Waals surface area contributed by atoms with Crippen LogP contribution in [0, 0.1) is 0 Å². The van der Waals surface area contributed by atoms with Gasteiger partial charge in [-0.1, -0.05) is 31.7 Å². The first-order valence-electron chi connectivity index (χ1n) is 12.9. The van der Waals surface area contributed by atoms with Crippen molar-refractivity contribution in [2.24, 2.45) is 0 Å². The normalized spacial score (nSPS) is 18.4. The number of hydrogen-bond acceptors (Lipinski definition) is 5. The Morgan fingerprint density at radius 2 is 1.68 bits per heavy atom. The van der Waals surface area contributed by atoms with E-state index in [1.165, 1.54) is 45.1 Å². The van der Waals surface area contributed by atoms with Gasteiger partial charge in [0.2, 0.25) is 11.8 Å². The number of fused-ring (bicyclic) bond motifs is 1. The van der Waals surface area contributed by atoms with Gasteiger partial charge in [-0.2, -0.15) is 0 Å². The summed E-state index contributed by atoms with van der Waals surface area (Å²) in [6, 6.07) is 6.55. The fourth-order valence-electron chi connectivity index (χ4n) is 5.09. The Labute approximate surface area is 209 Å². The summed E-state index contributed by atoms with van der Waals surface area (Å²) in [6.45, 7) is 10.8. The Kier molecular flexibility index (Phi) is 10.0. The minimum atomic E-state index is -0.552. The van der Waals surface area contributed by atoms with E-state index in [1.54, 1.807) is 4.90 Å². The third kappa shape index (κ3) is 6.85. The van der Waals surface area contributed by atoms with E-state index in [1.807, 2.05) is 23.9 Å². The highest BCUT2D eigenvalue weighted by Crippen LogP contribution is 2.34. The van der Waals surface area contributed by atoms with Crippen LogP contribution >= 0.6 is 11.8 Å². The summed E-state index contributed by atoms with van der Waals surface area (Å²) >= 11 is 1.82. The number of amides is 3. The predicted octanol–water partition coefficient (Wildman–Crippen LogP) is 5.00. The van der Waals surface area contributed by atoms with Crippen molar-refractivity contribution in [3.05, 3.63) is 29.3 Å². The summed E-state index contributed by atoms with van der Waals surface area (Å²) < 4.78 is 0. The van der Waals surface area contributed by atoms with Gasteiger partial charge in [0.1, 0.15) is 6.04 Å². The van der Waals surface area contributed by atoms with Gasteiger partial charge >= 0.3 is 0 Å². The number of rotatable bonds is 13. The quantitative estimate of drug-likeness (QED) is 0.241. The molecular formula is C27H41N3O3S. The molecule has 3 amide bonds. The van der Waals surface area contributed by atoms with Crippen molar-refractivity contribution >= 4 is 29.5 Å². The van der Waals surface area contributed by atoms with Crippen LogP contribution in [-0.2, 0) is 16.1 Å². The molecule has 0 bridgehead atoms. The molecule has 2 aliphatic rings. The summed E-state index contributed by atoms with van der Waals surface area (Å²) in [7, 11) is 0. The van der Waals surface area contributed by atoms with Crippen LogP contribution in [0.1, 0.15) is 95.0 Å². The number of hydrogen-bond donors (Lipinski definition) is 1. The molecule has 1 aromatic rings. The van der Waals surface area contributed by atoms with E-state index in [0.717, 1.165) is 16.2 Å². The van der Waals surface area contributed by atoms with Gasteiger partial charge in [-0.25, -0.2) is 0 Å². The average molecular weight is 488 g/mol. The predicted molar refractivity (Wildman–Crippen MR) is 138 cm³/mol. The van der Waals surface area contributed by atoms with Gasteiger partial charge in [0.05, 0.1) is 0 Å². The molecule has 0 spiro atoms. The Morgan fingerprint density at radius 1 is 1.00 bits per heavy atom. The first kappa shape index (κ1) is 26.7. The first-order valence-corrected chi connectivity index (χ1v) is 13.9. The maximum absolute atomic E-state index is 12.9. The molecule has 1 unspecified atom stereocenters. The fraction of sp³-hybridized carbons (Fsp3) is 0.667. The number of carbonyl (C=O) groups is 3. The molecule has 0 radical (unpaired) electrons. The van der Waals surface area contributed by atoms with Gasteiger partial charge < -0.3 is 4.90 Å². The molecule has 0 aromatic heterocycles. The number of unbranched alkanes of at least 4 members (excludes halogenated alkanes) is 5. The Balaban J connectivity index is 1.38. The lowest BCUT2D eigenvalue weighted by Crippen LogP contribution is -2.52. The molecule has 1 aromatic carbocycles. The van der Waals surface area contributed by atoms with Gasteiger partial charge in [0, 0.05) is 35.5 Å². The Hall–Kier alpha value is -1.86. The van der Waals surface area contributed by atoms with E-state index in [-0.39, 0.29) is 24.1 Å². The molecule has 2 aliphatic heterocycles. The lowest BCUT2D eigenvalue weighted by Gasteiger charge is -2.30. The third-order valence-electron chi connectivity index (χ3n) is 6.93. The van der Waals surface area contributed by atoms with E-state index < -0.39 is 6.04 Å². The van der Waals surface area contributed by atoms with E-state index in [9.17, 15) is 14.4 Å². The molecule has 1 atom stereocenters. The monoisotopic (exact) mass is 487 g/mol. The highest BCUT2D eigenvalue weighted by Gasteiger charge is 2.39. The topological polar surface area (TPSA) is 69.7 Å².